The van der Waals surface area contributed by atoms with E-state index in [1.807, 2.05) is 34.9 Å². The summed E-state index contributed by atoms with van der Waals surface area (Å²) >= 11 is 1.97. The smallest absolute Gasteiger partial charge is 0.226 e. The molecule has 1 amide bonds. The number of hydrogen-bond acceptors (Lipinski definition) is 4. The average molecular weight is 304 g/mol. The largest absolute Gasteiger partial charge is 0.473 e. The fraction of sp³-hybridized carbons (Fsp3) is 0.625. The summed E-state index contributed by atoms with van der Waals surface area (Å²) < 4.78 is 6.19. The van der Waals surface area contributed by atoms with Gasteiger partial charge in [0.15, 0.2) is 0 Å². The molecule has 3 fully saturated rings. The molecule has 1 aromatic heterocycles. The lowest BCUT2D eigenvalue weighted by Gasteiger charge is -2.47. The molecule has 4 rings (SSSR count). The van der Waals surface area contributed by atoms with E-state index in [0.717, 1.165) is 31.7 Å². The molecule has 2 aliphatic heterocycles. The number of amides is 1. The monoisotopic (exact) mass is 304 g/mol. The van der Waals surface area contributed by atoms with Gasteiger partial charge in [-0.1, -0.05) is 13.0 Å². The normalized spacial score (nSPS) is 32.8. The first-order valence-electron chi connectivity index (χ1n) is 7.66. The summed E-state index contributed by atoms with van der Waals surface area (Å²) in [4.78, 5) is 18.5. The van der Waals surface area contributed by atoms with Crippen LogP contribution >= 0.6 is 11.8 Å². The third-order valence-electron chi connectivity index (χ3n) is 4.80. The SMILES string of the molecule is C[C@@H]1C[C@H]1C(=O)N1CC2(C[C@@H](Oc3ccccn3)CS2)C1. The average Bonchev–Trinajstić information content (AvgIpc) is 3.03. The van der Waals surface area contributed by atoms with Crippen LogP contribution in [0.1, 0.15) is 19.8 Å². The Hall–Kier alpha value is -1.23. The molecule has 3 heterocycles. The van der Waals surface area contributed by atoms with Gasteiger partial charge in [-0.15, -0.1) is 11.8 Å². The van der Waals surface area contributed by atoms with Gasteiger partial charge in [0.05, 0.1) is 4.75 Å². The first-order chi connectivity index (χ1) is 10.2. The van der Waals surface area contributed by atoms with E-state index < -0.39 is 0 Å². The van der Waals surface area contributed by atoms with Crippen LogP contribution in [0.25, 0.3) is 0 Å². The maximum absolute atomic E-state index is 12.2. The number of aromatic nitrogens is 1. The summed E-state index contributed by atoms with van der Waals surface area (Å²) in [6.45, 7) is 3.97. The van der Waals surface area contributed by atoms with Gasteiger partial charge < -0.3 is 9.64 Å². The Labute approximate surface area is 129 Å². The predicted molar refractivity (Wildman–Crippen MR) is 82.3 cm³/mol. The Morgan fingerprint density at radius 3 is 2.95 bits per heavy atom. The van der Waals surface area contributed by atoms with E-state index >= 15 is 0 Å². The van der Waals surface area contributed by atoms with Crippen LogP contribution in [-0.2, 0) is 4.79 Å². The molecule has 21 heavy (non-hydrogen) atoms. The highest BCUT2D eigenvalue weighted by Crippen LogP contribution is 2.48. The fourth-order valence-electron chi connectivity index (χ4n) is 3.39. The van der Waals surface area contributed by atoms with Crippen LogP contribution in [0.4, 0.5) is 0 Å². The van der Waals surface area contributed by atoms with Crippen LogP contribution < -0.4 is 4.74 Å². The lowest BCUT2D eigenvalue weighted by Crippen LogP contribution is -2.61. The molecule has 3 aliphatic rings. The highest BCUT2D eigenvalue weighted by molar-refractivity contribution is 8.01. The zero-order valence-electron chi connectivity index (χ0n) is 12.2. The van der Waals surface area contributed by atoms with E-state index in [2.05, 4.69) is 11.9 Å². The summed E-state index contributed by atoms with van der Waals surface area (Å²) in [7, 11) is 0. The van der Waals surface area contributed by atoms with Crippen molar-refractivity contribution in [3.63, 3.8) is 0 Å². The lowest BCUT2D eigenvalue weighted by molar-refractivity contribution is -0.138. The first kappa shape index (κ1) is 13.4. The van der Waals surface area contributed by atoms with Crippen molar-refractivity contribution in [2.24, 2.45) is 11.8 Å². The van der Waals surface area contributed by atoms with Gasteiger partial charge in [-0.05, 0) is 18.4 Å². The maximum Gasteiger partial charge on any atom is 0.226 e. The number of thioether (sulfide) groups is 1. The molecule has 0 aromatic carbocycles. The van der Waals surface area contributed by atoms with E-state index in [0.29, 0.717) is 23.6 Å². The Morgan fingerprint density at radius 1 is 1.48 bits per heavy atom. The second-order valence-electron chi connectivity index (χ2n) is 6.62. The minimum absolute atomic E-state index is 0.224. The van der Waals surface area contributed by atoms with Gasteiger partial charge in [0.25, 0.3) is 0 Å². The van der Waals surface area contributed by atoms with Crippen LogP contribution in [-0.4, -0.2) is 45.5 Å². The number of hydrogen-bond donors (Lipinski definition) is 0. The van der Waals surface area contributed by atoms with E-state index in [-0.39, 0.29) is 10.9 Å². The number of likely N-dealkylation sites (tertiary alicyclic amines) is 1. The van der Waals surface area contributed by atoms with Crippen molar-refractivity contribution in [1.82, 2.24) is 9.88 Å². The molecular weight excluding hydrogens is 284 g/mol. The van der Waals surface area contributed by atoms with E-state index in [4.69, 9.17) is 4.74 Å². The standard InChI is InChI=1S/C16H20N2O2S/c1-11-6-13(11)15(19)18-9-16(10-18)7-12(8-21-16)20-14-4-2-3-5-17-14/h2-5,11-13H,6-10H2,1H3/t11-,12-,13-/m1/s1. The molecule has 0 bridgehead atoms. The summed E-state index contributed by atoms with van der Waals surface area (Å²) in [5.41, 5.74) is 0. The zero-order chi connectivity index (χ0) is 14.4. The van der Waals surface area contributed by atoms with Crippen molar-refractivity contribution in [2.75, 3.05) is 18.8 Å². The Balaban J connectivity index is 1.30. The molecule has 0 unspecified atom stereocenters. The quantitative estimate of drug-likeness (QED) is 0.858. The molecular formula is C16H20N2O2S. The minimum Gasteiger partial charge on any atom is -0.473 e. The van der Waals surface area contributed by atoms with Gasteiger partial charge in [-0.25, -0.2) is 4.98 Å². The second kappa shape index (κ2) is 4.90. The van der Waals surface area contributed by atoms with Crippen LogP contribution in [0.2, 0.25) is 0 Å². The molecule has 1 aromatic rings. The van der Waals surface area contributed by atoms with Gasteiger partial charge in [0.2, 0.25) is 11.8 Å². The molecule has 1 aliphatic carbocycles. The van der Waals surface area contributed by atoms with Crippen LogP contribution in [0.3, 0.4) is 0 Å². The number of ether oxygens (including phenoxy) is 1. The van der Waals surface area contributed by atoms with Crippen molar-refractivity contribution in [3.8, 4) is 5.88 Å². The first-order valence-corrected chi connectivity index (χ1v) is 8.64. The van der Waals surface area contributed by atoms with Gasteiger partial charge in [0.1, 0.15) is 6.10 Å². The topological polar surface area (TPSA) is 42.4 Å². The summed E-state index contributed by atoms with van der Waals surface area (Å²) in [5.74, 6) is 3.00. The van der Waals surface area contributed by atoms with Crippen LogP contribution in [0.5, 0.6) is 5.88 Å². The lowest BCUT2D eigenvalue weighted by atomic mass is 9.92. The molecule has 1 saturated carbocycles. The zero-order valence-corrected chi connectivity index (χ0v) is 13.0. The van der Waals surface area contributed by atoms with Crippen molar-refractivity contribution < 1.29 is 9.53 Å². The third-order valence-corrected chi connectivity index (χ3v) is 6.37. The number of nitrogens with zero attached hydrogens (tertiary/aromatic N) is 2. The maximum atomic E-state index is 12.2. The van der Waals surface area contributed by atoms with E-state index in [1.165, 1.54) is 0 Å². The predicted octanol–water partition coefficient (Wildman–Crippen LogP) is 2.20. The molecule has 5 heteroatoms. The van der Waals surface area contributed by atoms with E-state index in [9.17, 15) is 4.79 Å². The summed E-state index contributed by atoms with van der Waals surface area (Å²) in [5, 5.41) is 0. The number of carbonyl (C=O) groups excluding carboxylic acids is 1. The third kappa shape index (κ3) is 2.52. The molecule has 0 N–H and O–H groups in total. The molecule has 0 radical (unpaired) electrons. The molecule has 4 nitrogen and oxygen atoms in total. The molecule has 3 atom stereocenters. The number of carbonyl (C=O) groups is 1. The number of rotatable bonds is 3. The molecule has 112 valence electrons. The van der Waals surface area contributed by atoms with Crippen molar-refractivity contribution in [3.05, 3.63) is 24.4 Å². The van der Waals surface area contributed by atoms with Gasteiger partial charge in [-0.2, -0.15) is 0 Å². The highest BCUT2D eigenvalue weighted by atomic mass is 32.2. The Bertz CT molecular complexity index is 544. The van der Waals surface area contributed by atoms with Gasteiger partial charge in [0, 0.05) is 43.4 Å². The summed E-state index contributed by atoms with van der Waals surface area (Å²) in [6, 6.07) is 5.74. The van der Waals surface area contributed by atoms with E-state index in [1.54, 1.807) is 6.20 Å². The highest BCUT2D eigenvalue weighted by Gasteiger charge is 2.54. The number of pyridine rings is 1. The molecule has 2 saturated heterocycles. The Kier molecular flexibility index (Phi) is 3.14. The minimum atomic E-state index is 0.224. The van der Waals surface area contributed by atoms with Crippen molar-refractivity contribution in [1.29, 1.82) is 0 Å². The van der Waals surface area contributed by atoms with Gasteiger partial charge in [-0.3, -0.25) is 4.79 Å². The van der Waals surface area contributed by atoms with Crippen LogP contribution in [0.15, 0.2) is 24.4 Å². The second-order valence-corrected chi connectivity index (χ2v) is 8.11. The Morgan fingerprint density at radius 2 is 2.29 bits per heavy atom. The summed E-state index contributed by atoms with van der Waals surface area (Å²) in [6.07, 6.45) is 4.09. The van der Waals surface area contributed by atoms with Crippen molar-refractivity contribution >= 4 is 17.7 Å². The van der Waals surface area contributed by atoms with Crippen molar-refractivity contribution in [2.45, 2.75) is 30.6 Å². The van der Waals surface area contributed by atoms with Gasteiger partial charge >= 0.3 is 0 Å². The fourth-order valence-corrected chi connectivity index (χ4v) is 4.92. The molecule has 1 spiro atoms. The van der Waals surface area contributed by atoms with Crippen LogP contribution in [0, 0.1) is 11.8 Å².